The molecule has 15 heavy (non-hydrogen) atoms. The molecule has 0 aliphatic rings. The zero-order chi connectivity index (χ0) is 10.7. The SMILES string of the molecule is O=C([O-])CCc1ccc(-c2cccs2)o1. The molecule has 0 saturated carbocycles. The standard InChI is InChI=1S/C11H10O3S/c12-11(13)6-4-8-3-5-9(14-8)10-2-1-7-15-10/h1-3,5,7H,4,6H2,(H,12,13)/p-1. The van der Waals surface area contributed by atoms with E-state index in [0.29, 0.717) is 12.2 Å². The summed E-state index contributed by atoms with van der Waals surface area (Å²) in [4.78, 5) is 11.3. The molecule has 0 saturated heterocycles. The summed E-state index contributed by atoms with van der Waals surface area (Å²) >= 11 is 1.59. The van der Waals surface area contributed by atoms with Gasteiger partial charge < -0.3 is 14.3 Å². The molecule has 0 bridgehead atoms. The van der Waals surface area contributed by atoms with Crippen molar-refractivity contribution in [2.24, 2.45) is 0 Å². The normalized spacial score (nSPS) is 10.4. The van der Waals surface area contributed by atoms with Crippen molar-refractivity contribution in [3.8, 4) is 10.6 Å². The first-order valence-corrected chi connectivity index (χ1v) is 5.46. The number of aryl methyl sites for hydroxylation is 1. The van der Waals surface area contributed by atoms with Crippen LogP contribution >= 0.6 is 11.3 Å². The average molecular weight is 221 g/mol. The molecule has 0 radical (unpaired) electrons. The third-order valence-electron chi connectivity index (χ3n) is 2.00. The van der Waals surface area contributed by atoms with Gasteiger partial charge >= 0.3 is 0 Å². The van der Waals surface area contributed by atoms with Crippen molar-refractivity contribution in [3.05, 3.63) is 35.4 Å². The Bertz CT molecular complexity index is 442. The Morgan fingerprint density at radius 2 is 2.27 bits per heavy atom. The largest absolute Gasteiger partial charge is 0.550 e. The van der Waals surface area contributed by atoms with Crippen molar-refractivity contribution in [1.82, 2.24) is 0 Å². The number of aliphatic carboxylic acids is 1. The molecule has 3 nitrogen and oxygen atoms in total. The van der Waals surface area contributed by atoms with E-state index in [1.54, 1.807) is 17.4 Å². The van der Waals surface area contributed by atoms with Gasteiger partial charge in [-0.2, -0.15) is 0 Å². The molecule has 0 atom stereocenters. The summed E-state index contributed by atoms with van der Waals surface area (Å²) in [5, 5.41) is 12.2. The third-order valence-corrected chi connectivity index (χ3v) is 2.89. The molecule has 2 aromatic rings. The fourth-order valence-corrected chi connectivity index (χ4v) is 1.98. The molecule has 0 N–H and O–H groups in total. The number of carboxylic acid groups (broad SMARTS) is 1. The highest BCUT2D eigenvalue weighted by molar-refractivity contribution is 7.13. The average Bonchev–Trinajstić information content (AvgIpc) is 2.85. The number of rotatable bonds is 4. The first kappa shape index (κ1) is 9.98. The number of thiophene rings is 1. The Morgan fingerprint density at radius 3 is 2.93 bits per heavy atom. The Kier molecular flexibility index (Phi) is 2.87. The minimum atomic E-state index is -1.05. The molecule has 0 aliphatic carbocycles. The highest BCUT2D eigenvalue weighted by Gasteiger charge is 2.05. The third kappa shape index (κ3) is 2.47. The number of carbonyl (C=O) groups is 1. The van der Waals surface area contributed by atoms with Gasteiger partial charge in [0.15, 0.2) is 0 Å². The minimum absolute atomic E-state index is 0.00259. The lowest BCUT2D eigenvalue weighted by Crippen LogP contribution is -2.22. The lowest BCUT2D eigenvalue weighted by Gasteiger charge is -1.98. The van der Waals surface area contributed by atoms with E-state index in [9.17, 15) is 9.90 Å². The Morgan fingerprint density at radius 1 is 1.40 bits per heavy atom. The number of carbonyl (C=O) groups excluding carboxylic acids is 1. The summed E-state index contributed by atoms with van der Waals surface area (Å²) in [6.07, 6.45) is 0.380. The highest BCUT2D eigenvalue weighted by atomic mass is 32.1. The molecule has 0 spiro atoms. The van der Waals surface area contributed by atoms with Crippen LogP contribution in [0.1, 0.15) is 12.2 Å². The van der Waals surface area contributed by atoms with Gasteiger partial charge in [-0.3, -0.25) is 0 Å². The van der Waals surface area contributed by atoms with E-state index in [0.717, 1.165) is 10.6 Å². The number of carboxylic acids is 1. The predicted molar refractivity (Wildman–Crippen MR) is 55.3 cm³/mol. The number of hydrogen-bond donors (Lipinski definition) is 0. The Hall–Kier alpha value is -1.55. The smallest absolute Gasteiger partial charge is 0.144 e. The molecular formula is C11H9O3S-. The first-order chi connectivity index (χ1) is 7.25. The van der Waals surface area contributed by atoms with Gasteiger partial charge in [0.05, 0.1) is 4.88 Å². The summed E-state index contributed by atoms with van der Waals surface area (Å²) in [7, 11) is 0. The van der Waals surface area contributed by atoms with Crippen molar-refractivity contribution >= 4 is 17.3 Å². The maximum absolute atomic E-state index is 10.3. The van der Waals surface area contributed by atoms with E-state index in [4.69, 9.17) is 4.42 Å². The van der Waals surface area contributed by atoms with Crippen molar-refractivity contribution in [2.75, 3.05) is 0 Å². The molecule has 0 unspecified atom stereocenters. The molecule has 0 amide bonds. The molecule has 0 aliphatic heterocycles. The molecule has 78 valence electrons. The monoisotopic (exact) mass is 221 g/mol. The summed E-state index contributed by atoms with van der Waals surface area (Å²) in [6.45, 7) is 0. The molecule has 0 aromatic carbocycles. The zero-order valence-electron chi connectivity index (χ0n) is 7.93. The van der Waals surface area contributed by atoms with Gasteiger partial charge in [0.2, 0.25) is 0 Å². The van der Waals surface area contributed by atoms with Crippen LogP contribution in [0.4, 0.5) is 0 Å². The van der Waals surface area contributed by atoms with Gasteiger partial charge in [0.25, 0.3) is 0 Å². The zero-order valence-corrected chi connectivity index (χ0v) is 8.75. The van der Waals surface area contributed by atoms with Gasteiger partial charge in [-0.05, 0) is 30.0 Å². The van der Waals surface area contributed by atoms with Crippen LogP contribution in [0.25, 0.3) is 10.6 Å². The van der Waals surface area contributed by atoms with E-state index in [1.165, 1.54) is 0 Å². The lowest BCUT2D eigenvalue weighted by atomic mass is 10.2. The predicted octanol–water partition coefficient (Wildman–Crippen LogP) is 1.69. The Labute approximate surface area is 91.0 Å². The van der Waals surface area contributed by atoms with Crippen LogP contribution in [0.3, 0.4) is 0 Å². The van der Waals surface area contributed by atoms with Crippen LogP contribution < -0.4 is 5.11 Å². The van der Waals surface area contributed by atoms with Gasteiger partial charge in [0.1, 0.15) is 11.5 Å². The summed E-state index contributed by atoms with van der Waals surface area (Å²) in [5.74, 6) is 0.421. The van der Waals surface area contributed by atoms with Crippen LogP contribution in [0, 0.1) is 0 Å². The van der Waals surface area contributed by atoms with Crippen LogP contribution in [-0.2, 0) is 11.2 Å². The highest BCUT2D eigenvalue weighted by Crippen LogP contribution is 2.26. The van der Waals surface area contributed by atoms with Gasteiger partial charge in [0, 0.05) is 12.4 Å². The first-order valence-electron chi connectivity index (χ1n) is 4.58. The maximum atomic E-state index is 10.3. The van der Waals surface area contributed by atoms with Crippen LogP contribution in [0.5, 0.6) is 0 Å². The van der Waals surface area contributed by atoms with Gasteiger partial charge in [-0.15, -0.1) is 11.3 Å². The number of furan rings is 1. The Balaban J connectivity index is 2.08. The van der Waals surface area contributed by atoms with Crippen LogP contribution in [-0.4, -0.2) is 5.97 Å². The quantitative estimate of drug-likeness (QED) is 0.789. The molecule has 2 heterocycles. The van der Waals surface area contributed by atoms with Crippen molar-refractivity contribution in [1.29, 1.82) is 0 Å². The molecule has 0 fully saturated rings. The lowest BCUT2D eigenvalue weighted by molar-refractivity contribution is -0.305. The summed E-state index contributed by atoms with van der Waals surface area (Å²) in [6, 6.07) is 7.57. The topological polar surface area (TPSA) is 53.3 Å². The van der Waals surface area contributed by atoms with E-state index < -0.39 is 5.97 Å². The van der Waals surface area contributed by atoms with Crippen molar-refractivity contribution in [2.45, 2.75) is 12.8 Å². The van der Waals surface area contributed by atoms with E-state index in [-0.39, 0.29) is 6.42 Å². The molecule has 2 aromatic heterocycles. The van der Waals surface area contributed by atoms with Crippen molar-refractivity contribution in [3.63, 3.8) is 0 Å². The van der Waals surface area contributed by atoms with E-state index in [1.807, 2.05) is 23.6 Å². The number of hydrogen-bond acceptors (Lipinski definition) is 4. The molecular weight excluding hydrogens is 212 g/mol. The van der Waals surface area contributed by atoms with Crippen LogP contribution in [0.2, 0.25) is 0 Å². The summed E-state index contributed by atoms with van der Waals surface area (Å²) < 4.78 is 5.50. The minimum Gasteiger partial charge on any atom is -0.550 e. The fourth-order valence-electron chi connectivity index (χ4n) is 1.29. The van der Waals surface area contributed by atoms with Gasteiger partial charge in [-0.25, -0.2) is 0 Å². The van der Waals surface area contributed by atoms with E-state index >= 15 is 0 Å². The molecule has 2 rings (SSSR count). The van der Waals surface area contributed by atoms with E-state index in [2.05, 4.69) is 0 Å². The summed E-state index contributed by atoms with van der Waals surface area (Å²) in [5.41, 5.74) is 0. The second-order valence-electron chi connectivity index (χ2n) is 3.12. The van der Waals surface area contributed by atoms with Crippen molar-refractivity contribution < 1.29 is 14.3 Å². The fraction of sp³-hybridized carbons (Fsp3) is 0.182. The second-order valence-corrected chi connectivity index (χ2v) is 4.06. The van der Waals surface area contributed by atoms with Crippen LogP contribution in [0.15, 0.2) is 34.1 Å². The second kappa shape index (κ2) is 4.31. The van der Waals surface area contributed by atoms with Gasteiger partial charge in [-0.1, -0.05) is 6.07 Å². The maximum Gasteiger partial charge on any atom is 0.144 e. The molecule has 4 heteroatoms.